The van der Waals surface area contributed by atoms with E-state index in [1.807, 2.05) is 4.90 Å². The van der Waals surface area contributed by atoms with Crippen LogP contribution in [0.2, 0.25) is 5.02 Å². The molecule has 1 fully saturated rings. The number of ether oxygens (including phenoxy) is 1. The average Bonchev–Trinajstić information content (AvgIpc) is 2.90. The summed E-state index contributed by atoms with van der Waals surface area (Å²) in [4.78, 5) is 13.8. The van der Waals surface area contributed by atoms with E-state index in [1.165, 1.54) is 18.2 Å². The number of rotatable bonds is 5. The number of hydrogen-bond acceptors (Lipinski definition) is 3. The van der Waals surface area contributed by atoms with Gasteiger partial charge in [0.05, 0.1) is 18.1 Å². The molecular formula is C14H18ClFN2O2. The molecule has 0 aliphatic carbocycles. The molecule has 0 bridgehead atoms. The van der Waals surface area contributed by atoms with Crippen molar-refractivity contribution in [3.63, 3.8) is 0 Å². The van der Waals surface area contributed by atoms with Gasteiger partial charge in [-0.2, -0.15) is 0 Å². The molecule has 1 aromatic rings. The number of carbonyl (C=O) groups is 1. The number of carbonyl (C=O) groups excluding carboxylic acids is 1. The Kier molecular flexibility index (Phi) is 5.20. The highest BCUT2D eigenvalue weighted by Gasteiger charge is 2.24. The highest BCUT2D eigenvalue weighted by atomic mass is 35.5. The zero-order chi connectivity index (χ0) is 14.5. The van der Waals surface area contributed by atoms with Gasteiger partial charge in [0.1, 0.15) is 11.6 Å². The summed E-state index contributed by atoms with van der Waals surface area (Å²) in [7, 11) is 0. The van der Waals surface area contributed by atoms with Gasteiger partial charge in [0, 0.05) is 13.1 Å². The minimum Gasteiger partial charge on any atom is -0.491 e. The second-order valence-electron chi connectivity index (χ2n) is 4.90. The van der Waals surface area contributed by atoms with E-state index in [1.54, 1.807) is 0 Å². The SMILES string of the molecule is NC[C@H]1CCN(C(=O)CCOc2ccc(F)cc2Cl)C1. The molecule has 0 unspecified atom stereocenters. The van der Waals surface area contributed by atoms with E-state index in [9.17, 15) is 9.18 Å². The van der Waals surface area contributed by atoms with Gasteiger partial charge in [-0.3, -0.25) is 4.79 Å². The summed E-state index contributed by atoms with van der Waals surface area (Å²) in [6.07, 6.45) is 1.25. The first-order chi connectivity index (χ1) is 9.60. The Bertz CT molecular complexity index is 484. The van der Waals surface area contributed by atoms with Gasteiger partial charge in [0.2, 0.25) is 5.91 Å². The van der Waals surface area contributed by atoms with Crippen molar-refractivity contribution in [2.75, 3.05) is 26.2 Å². The molecule has 0 spiro atoms. The predicted octanol–water partition coefficient (Wildman–Crippen LogP) is 2.06. The standard InChI is InChI=1S/C14H18ClFN2O2/c15-12-7-11(16)1-2-13(12)20-6-4-14(19)18-5-3-10(8-17)9-18/h1-2,7,10H,3-6,8-9,17H2/t10-/m1/s1. The van der Waals surface area contributed by atoms with Gasteiger partial charge >= 0.3 is 0 Å². The van der Waals surface area contributed by atoms with Crippen LogP contribution in [0.5, 0.6) is 5.75 Å². The van der Waals surface area contributed by atoms with Crippen molar-refractivity contribution >= 4 is 17.5 Å². The fourth-order valence-electron chi connectivity index (χ4n) is 2.25. The maximum Gasteiger partial charge on any atom is 0.226 e. The average molecular weight is 301 g/mol. The second kappa shape index (κ2) is 6.90. The lowest BCUT2D eigenvalue weighted by Gasteiger charge is -2.16. The monoisotopic (exact) mass is 300 g/mol. The van der Waals surface area contributed by atoms with Gasteiger partial charge in [0.25, 0.3) is 0 Å². The summed E-state index contributed by atoms with van der Waals surface area (Å²) >= 11 is 5.84. The molecule has 1 heterocycles. The van der Waals surface area contributed by atoms with Crippen molar-refractivity contribution < 1.29 is 13.9 Å². The Morgan fingerprint density at radius 1 is 1.55 bits per heavy atom. The number of likely N-dealkylation sites (tertiary alicyclic amines) is 1. The van der Waals surface area contributed by atoms with Crippen LogP contribution in [0.3, 0.4) is 0 Å². The van der Waals surface area contributed by atoms with Gasteiger partial charge in [-0.05, 0) is 37.1 Å². The van der Waals surface area contributed by atoms with Crippen molar-refractivity contribution in [3.05, 3.63) is 29.0 Å². The molecule has 1 amide bonds. The number of nitrogens with zero attached hydrogens (tertiary/aromatic N) is 1. The summed E-state index contributed by atoms with van der Waals surface area (Å²) in [5.41, 5.74) is 5.59. The molecule has 0 aromatic heterocycles. The summed E-state index contributed by atoms with van der Waals surface area (Å²) in [5.74, 6) is 0.441. The van der Waals surface area contributed by atoms with E-state index >= 15 is 0 Å². The molecule has 1 saturated heterocycles. The highest BCUT2D eigenvalue weighted by Crippen LogP contribution is 2.25. The van der Waals surface area contributed by atoms with Crippen LogP contribution in [-0.4, -0.2) is 37.0 Å². The van der Waals surface area contributed by atoms with E-state index in [2.05, 4.69) is 0 Å². The van der Waals surface area contributed by atoms with Crippen molar-refractivity contribution in [1.29, 1.82) is 0 Å². The molecule has 1 aliphatic rings. The van der Waals surface area contributed by atoms with Crippen LogP contribution in [-0.2, 0) is 4.79 Å². The fraction of sp³-hybridized carbons (Fsp3) is 0.500. The Labute approximate surface area is 122 Å². The first-order valence-corrected chi connectivity index (χ1v) is 7.03. The Balaban J connectivity index is 1.77. The largest absolute Gasteiger partial charge is 0.491 e. The molecule has 1 aliphatic heterocycles. The highest BCUT2D eigenvalue weighted by molar-refractivity contribution is 6.32. The second-order valence-corrected chi connectivity index (χ2v) is 5.31. The Hall–Kier alpha value is -1.33. The van der Waals surface area contributed by atoms with Crippen LogP contribution in [0, 0.1) is 11.7 Å². The third-order valence-electron chi connectivity index (χ3n) is 3.44. The number of nitrogens with two attached hydrogens (primary N) is 1. The molecule has 2 rings (SSSR count). The third-order valence-corrected chi connectivity index (χ3v) is 3.73. The minimum absolute atomic E-state index is 0.0548. The molecule has 0 saturated carbocycles. The molecule has 4 nitrogen and oxygen atoms in total. The van der Waals surface area contributed by atoms with E-state index in [4.69, 9.17) is 22.1 Å². The first kappa shape index (κ1) is 15.1. The smallest absolute Gasteiger partial charge is 0.226 e. The van der Waals surface area contributed by atoms with Gasteiger partial charge in [-0.15, -0.1) is 0 Å². The minimum atomic E-state index is -0.414. The number of amides is 1. The summed E-state index contributed by atoms with van der Waals surface area (Å²) in [5, 5.41) is 0.210. The van der Waals surface area contributed by atoms with E-state index in [-0.39, 0.29) is 24.0 Å². The van der Waals surface area contributed by atoms with E-state index < -0.39 is 5.82 Å². The Morgan fingerprint density at radius 3 is 3.00 bits per heavy atom. The molecule has 20 heavy (non-hydrogen) atoms. The first-order valence-electron chi connectivity index (χ1n) is 6.66. The maximum atomic E-state index is 12.9. The summed E-state index contributed by atoms with van der Waals surface area (Å²) in [6, 6.07) is 3.92. The quantitative estimate of drug-likeness (QED) is 0.905. The molecular weight excluding hydrogens is 283 g/mol. The Morgan fingerprint density at radius 2 is 2.35 bits per heavy atom. The van der Waals surface area contributed by atoms with Gasteiger partial charge in [-0.25, -0.2) is 4.39 Å². The van der Waals surface area contributed by atoms with Crippen LogP contribution in [0.25, 0.3) is 0 Å². The van der Waals surface area contributed by atoms with Crippen LogP contribution >= 0.6 is 11.6 Å². The molecule has 0 radical (unpaired) electrons. The van der Waals surface area contributed by atoms with E-state index in [0.717, 1.165) is 19.5 Å². The zero-order valence-electron chi connectivity index (χ0n) is 11.1. The van der Waals surface area contributed by atoms with Crippen LogP contribution < -0.4 is 10.5 Å². The van der Waals surface area contributed by atoms with Crippen molar-refractivity contribution in [1.82, 2.24) is 4.90 Å². The number of halogens is 2. The fourth-order valence-corrected chi connectivity index (χ4v) is 2.47. The molecule has 2 N–H and O–H groups in total. The van der Waals surface area contributed by atoms with Crippen molar-refractivity contribution in [2.24, 2.45) is 11.7 Å². The predicted molar refractivity (Wildman–Crippen MR) is 75.3 cm³/mol. The maximum absolute atomic E-state index is 12.9. The van der Waals surface area contributed by atoms with Crippen LogP contribution in [0.1, 0.15) is 12.8 Å². The molecule has 6 heteroatoms. The number of benzene rings is 1. The van der Waals surface area contributed by atoms with Crippen LogP contribution in [0.4, 0.5) is 4.39 Å². The number of hydrogen-bond donors (Lipinski definition) is 1. The van der Waals surface area contributed by atoms with Gasteiger partial charge in [0.15, 0.2) is 0 Å². The zero-order valence-corrected chi connectivity index (χ0v) is 11.9. The summed E-state index contributed by atoms with van der Waals surface area (Å²) in [6.45, 7) is 2.34. The van der Waals surface area contributed by atoms with Crippen LogP contribution in [0.15, 0.2) is 18.2 Å². The lowest BCUT2D eigenvalue weighted by atomic mass is 10.1. The molecule has 1 atom stereocenters. The normalized spacial score (nSPS) is 18.4. The van der Waals surface area contributed by atoms with Gasteiger partial charge < -0.3 is 15.4 Å². The molecule has 1 aromatic carbocycles. The molecule has 110 valence electrons. The van der Waals surface area contributed by atoms with E-state index in [0.29, 0.717) is 18.2 Å². The topological polar surface area (TPSA) is 55.6 Å². The lowest BCUT2D eigenvalue weighted by molar-refractivity contribution is -0.130. The summed E-state index contributed by atoms with van der Waals surface area (Å²) < 4.78 is 18.3. The van der Waals surface area contributed by atoms with Crippen molar-refractivity contribution in [2.45, 2.75) is 12.8 Å². The lowest BCUT2D eigenvalue weighted by Crippen LogP contribution is -2.30. The third kappa shape index (κ3) is 3.84. The van der Waals surface area contributed by atoms with Gasteiger partial charge in [-0.1, -0.05) is 11.6 Å². The van der Waals surface area contributed by atoms with Crippen molar-refractivity contribution in [3.8, 4) is 5.75 Å².